The third-order valence-corrected chi connectivity index (χ3v) is 8.31. The van der Waals surface area contributed by atoms with Gasteiger partial charge in [0.15, 0.2) is 0 Å². The van der Waals surface area contributed by atoms with Crippen molar-refractivity contribution in [2.24, 2.45) is 0 Å². The van der Waals surface area contributed by atoms with Crippen molar-refractivity contribution in [2.45, 2.75) is 79.4 Å². The zero-order chi connectivity index (χ0) is 27.7. The Kier molecular flexibility index (Phi) is 17.1. The van der Waals surface area contributed by atoms with Crippen molar-refractivity contribution in [1.29, 1.82) is 0 Å². The molecule has 0 aromatic rings. The molecule has 0 saturated heterocycles. The number of rotatable bonds is 23. The van der Waals surface area contributed by atoms with Crippen LogP contribution < -0.4 is 5.32 Å². The van der Waals surface area contributed by atoms with Crippen LogP contribution in [0.1, 0.15) is 62.3 Å². The molecule has 0 bridgehead atoms. The predicted molar refractivity (Wildman–Crippen MR) is 137 cm³/mol. The van der Waals surface area contributed by atoms with Crippen molar-refractivity contribution in [3.63, 3.8) is 0 Å². The molecule has 36 heavy (non-hydrogen) atoms. The zero-order valence-electron chi connectivity index (χ0n) is 23.7. The number of ether oxygens (including phenoxy) is 6. The molecule has 12 heteroatoms. The van der Waals surface area contributed by atoms with Crippen LogP contribution in [0.15, 0.2) is 12.7 Å². The number of hydrogen-bond donors (Lipinski definition) is 1. The second kappa shape index (κ2) is 17.6. The van der Waals surface area contributed by atoms with Gasteiger partial charge in [0.05, 0.1) is 0 Å². The molecule has 214 valence electrons. The summed E-state index contributed by atoms with van der Waals surface area (Å²) in [6.07, 6.45) is 1.10. The van der Waals surface area contributed by atoms with Crippen LogP contribution in [0, 0.1) is 0 Å². The Labute approximate surface area is 218 Å². The second-order valence-corrected chi connectivity index (χ2v) is 9.68. The molecule has 1 unspecified atom stereocenters. The van der Waals surface area contributed by atoms with Crippen LogP contribution in [0.2, 0.25) is 0 Å². The normalized spacial score (nSPS) is 14.5. The Balaban J connectivity index is 8.17. The van der Waals surface area contributed by atoms with Gasteiger partial charge >= 0.3 is 20.6 Å². The number of carbonyl (C=O) groups is 1. The zero-order valence-corrected chi connectivity index (χ0v) is 24.7. The third-order valence-electron chi connectivity index (χ3n) is 4.84. The van der Waals surface area contributed by atoms with Gasteiger partial charge in [-0.15, -0.1) is 0 Å². The summed E-state index contributed by atoms with van der Waals surface area (Å²) in [5.74, 6) is -4.78. The highest BCUT2D eigenvalue weighted by molar-refractivity contribution is 6.64. The van der Waals surface area contributed by atoms with E-state index in [0.717, 1.165) is 6.08 Å². The minimum atomic E-state index is -4.17. The maximum absolute atomic E-state index is 13.1. The van der Waals surface area contributed by atoms with E-state index in [1.165, 1.54) is 0 Å². The maximum Gasteiger partial charge on any atom is 0.563 e. The molecule has 0 aromatic heterocycles. The van der Waals surface area contributed by atoms with Gasteiger partial charge in [-0.1, -0.05) is 6.58 Å². The highest BCUT2D eigenvalue weighted by Gasteiger charge is 2.83. The number of amides is 1. The van der Waals surface area contributed by atoms with E-state index in [1.54, 1.807) is 62.3 Å². The molecular formula is C24H49NO10Si. The SMILES string of the molecule is C=CC(=O)NC(OCC)(C(OCC)(OCC)C(OCC)(OCC)OCC)[Si](OCC)(OCC)OCC. The smallest absolute Gasteiger partial charge is 0.371 e. The van der Waals surface area contributed by atoms with Crippen LogP contribution >= 0.6 is 0 Å². The Morgan fingerprint density at radius 3 is 1.28 bits per heavy atom. The first-order chi connectivity index (χ1) is 17.3. The van der Waals surface area contributed by atoms with Gasteiger partial charge in [-0.2, -0.15) is 0 Å². The average molecular weight is 540 g/mol. The lowest BCUT2D eigenvalue weighted by Gasteiger charge is -2.57. The fraction of sp³-hybridized carbons (Fsp3) is 0.875. The van der Waals surface area contributed by atoms with Gasteiger partial charge in [0.1, 0.15) is 0 Å². The quantitative estimate of drug-likeness (QED) is 0.118. The molecule has 1 N–H and O–H groups in total. The number of hydrogen-bond acceptors (Lipinski definition) is 10. The highest BCUT2D eigenvalue weighted by Crippen LogP contribution is 2.48. The Bertz CT molecular complexity index is 584. The van der Waals surface area contributed by atoms with Crippen LogP contribution in [0.3, 0.4) is 0 Å². The van der Waals surface area contributed by atoms with Crippen molar-refractivity contribution in [1.82, 2.24) is 5.32 Å². The van der Waals surface area contributed by atoms with Crippen molar-refractivity contribution in [2.75, 3.05) is 59.5 Å². The molecule has 0 heterocycles. The summed E-state index contributed by atoms with van der Waals surface area (Å²) in [5.41, 5.74) is 0. The van der Waals surface area contributed by atoms with E-state index in [1.807, 2.05) is 0 Å². The lowest BCUT2D eigenvalue weighted by molar-refractivity contribution is -0.522. The topological polar surface area (TPSA) is 112 Å². The lowest BCUT2D eigenvalue weighted by atomic mass is 10.1. The molecule has 0 spiro atoms. The first kappa shape index (κ1) is 35.1. The van der Waals surface area contributed by atoms with E-state index in [4.69, 9.17) is 41.7 Å². The molecule has 0 aliphatic rings. The third kappa shape index (κ3) is 7.13. The van der Waals surface area contributed by atoms with Crippen LogP contribution in [0.25, 0.3) is 0 Å². The molecule has 0 rings (SSSR count). The summed E-state index contributed by atoms with van der Waals surface area (Å²) in [6.45, 7) is 20.8. The summed E-state index contributed by atoms with van der Waals surface area (Å²) in [5, 5.41) is 0.809. The predicted octanol–water partition coefficient (Wildman–Crippen LogP) is 3.14. The molecular weight excluding hydrogens is 490 g/mol. The van der Waals surface area contributed by atoms with Crippen molar-refractivity contribution >= 4 is 14.7 Å². The maximum atomic E-state index is 13.1. The van der Waals surface area contributed by atoms with Gasteiger partial charge in [-0.25, -0.2) is 0 Å². The van der Waals surface area contributed by atoms with Crippen molar-refractivity contribution in [3.05, 3.63) is 12.7 Å². The van der Waals surface area contributed by atoms with Gasteiger partial charge in [0.25, 0.3) is 5.35 Å². The van der Waals surface area contributed by atoms with Gasteiger partial charge in [-0.05, 0) is 68.4 Å². The van der Waals surface area contributed by atoms with Gasteiger partial charge in [0.2, 0.25) is 5.91 Å². The standard InChI is InChI=1S/C24H49NO10Si/c1-11-21(26)25-23(29-14-4,36(33-18-8,34-19-9)35-20-10)22(27-12-2,28-13-3)24(30-15-5,31-16-6)32-17-7/h11H,1,12-20H2,2-10H3,(H,25,26). The number of nitrogens with one attached hydrogen (secondary N) is 1. The fourth-order valence-electron chi connectivity index (χ4n) is 4.04. The van der Waals surface area contributed by atoms with Gasteiger partial charge < -0.3 is 47.0 Å². The van der Waals surface area contributed by atoms with Gasteiger partial charge in [-0.3, -0.25) is 4.79 Å². The van der Waals surface area contributed by atoms with Crippen LogP contribution in [-0.2, 0) is 46.5 Å². The molecule has 0 aliphatic heterocycles. The molecule has 0 aliphatic carbocycles. The molecule has 0 fully saturated rings. The molecule has 0 saturated carbocycles. The van der Waals surface area contributed by atoms with Crippen LogP contribution in [-0.4, -0.2) is 91.3 Å². The minimum Gasteiger partial charge on any atom is -0.371 e. The van der Waals surface area contributed by atoms with E-state index in [-0.39, 0.29) is 59.5 Å². The first-order valence-corrected chi connectivity index (χ1v) is 14.7. The monoisotopic (exact) mass is 539 g/mol. The Morgan fingerprint density at radius 2 is 1.00 bits per heavy atom. The number of carbonyl (C=O) groups excluding carboxylic acids is 1. The van der Waals surface area contributed by atoms with E-state index in [9.17, 15) is 4.79 Å². The first-order valence-electron chi connectivity index (χ1n) is 13.0. The summed E-state index contributed by atoms with van der Waals surface area (Å²) >= 11 is 0. The molecule has 11 nitrogen and oxygen atoms in total. The summed E-state index contributed by atoms with van der Waals surface area (Å²) in [7, 11) is -4.17. The Morgan fingerprint density at radius 1 is 0.639 bits per heavy atom. The second-order valence-electron chi connectivity index (χ2n) is 7.00. The largest absolute Gasteiger partial charge is 0.563 e. The lowest BCUT2D eigenvalue weighted by Crippen LogP contribution is -2.88. The van der Waals surface area contributed by atoms with Crippen LogP contribution in [0.5, 0.6) is 0 Å². The summed E-state index contributed by atoms with van der Waals surface area (Å²) in [6, 6.07) is 0. The van der Waals surface area contributed by atoms with Gasteiger partial charge in [0, 0.05) is 59.5 Å². The fourth-order valence-corrected chi connectivity index (χ4v) is 7.34. The van der Waals surface area contributed by atoms with Crippen molar-refractivity contribution < 1.29 is 46.5 Å². The van der Waals surface area contributed by atoms with E-state index >= 15 is 0 Å². The molecule has 0 aromatic carbocycles. The molecule has 1 atom stereocenters. The van der Waals surface area contributed by atoms with E-state index in [2.05, 4.69) is 11.9 Å². The summed E-state index contributed by atoms with van der Waals surface area (Å²) in [4.78, 5) is 13.1. The molecule has 1 amide bonds. The van der Waals surface area contributed by atoms with Crippen molar-refractivity contribution in [3.8, 4) is 0 Å². The highest BCUT2D eigenvalue weighted by atomic mass is 28.4. The Hall–Kier alpha value is -0.933. The van der Waals surface area contributed by atoms with Crippen LogP contribution in [0.4, 0.5) is 0 Å². The minimum absolute atomic E-state index is 0.0712. The summed E-state index contributed by atoms with van der Waals surface area (Å²) < 4.78 is 56.7. The van der Waals surface area contributed by atoms with E-state index < -0.39 is 31.8 Å². The van der Waals surface area contributed by atoms with E-state index in [0.29, 0.717) is 0 Å². The average Bonchev–Trinajstić information content (AvgIpc) is 2.84. The molecule has 0 radical (unpaired) electrons.